The second kappa shape index (κ2) is 8.24. The van der Waals surface area contributed by atoms with Gasteiger partial charge in [0.1, 0.15) is 0 Å². The summed E-state index contributed by atoms with van der Waals surface area (Å²) in [6.07, 6.45) is 4.88. The van der Waals surface area contributed by atoms with Crippen molar-refractivity contribution in [2.45, 2.75) is 57.8 Å². The molecular formula is C22H27ClN6O2. The summed E-state index contributed by atoms with van der Waals surface area (Å²) in [4.78, 5) is 28.9. The summed E-state index contributed by atoms with van der Waals surface area (Å²) in [6.45, 7) is 7.76. The van der Waals surface area contributed by atoms with Crippen molar-refractivity contribution in [1.82, 2.24) is 19.9 Å². The molecule has 3 aliphatic heterocycles. The summed E-state index contributed by atoms with van der Waals surface area (Å²) < 4.78 is 5.68. The summed E-state index contributed by atoms with van der Waals surface area (Å²) >= 11 is 6.43. The average molecular weight is 443 g/mol. The third-order valence-electron chi connectivity index (χ3n) is 6.38. The van der Waals surface area contributed by atoms with E-state index in [1.807, 2.05) is 17.0 Å². The van der Waals surface area contributed by atoms with Crippen LogP contribution in [0.1, 0.15) is 61.2 Å². The summed E-state index contributed by atoms with van der Waals surface area (Å²) in [5.41, 5.74) is 1.34. The number of hydrogen-bond acceptors (Lipinski definition) is 7. The molecule has 0 saturated carbocycles. The molecule has 0 bridgehead atoms. The number of carbonyl (C=O) groups is 1. The number of aliphatic imine (C=N–C) groups is 1. The molecule has 3 atom stereocenters. The average Bonchev–Trinajstić information content (AvgIpc) is 3.33. The van der Waals surface area contributed by atoms with E-state index in [9.17, 15) is 4.79 Å². The van der Waals surface area contributed by atoms with Gasteiger partial charge in [-0.1, -0.05) is 36.7 Å². The van der Waals surface area contributed by atoms with E-state index in [0.29, 0.717) is 28.8 Å². The first kappa shape index (κ1) is 20.5. The predicted octanol–water partition coefficient (Wildman–Crippen LogP) is 3.53. The molecule has 31 heavy (non-hydrogen) atoms. The van der Waals surface area contributed by atoms with Crippen LogP contribution in [0.25, 0.3) is 0 Å². The molecular weight excluding hydrogens is 416 g/mol. The van der Waals surface area contributed by atoms with Gasteiger partial charge < -0.3 is 14.3 Å². The Hall–Kier alpha value is -2.45. The lowest BCUT2D eigenvalue weighted by Gasteiger charge is -2.45. The minimum Gasteiger partial charge on any atom is -0.337 e. The molecule has 3 aliphatic rings. The Labute approximate surface area is 186 Å². The third-order valence-corrected chi connectivity index (χ3v) is 6.70. The number of halogens is 1. The van der Waals surface area contributed by atoms with E-state index in [2.05, 4.69) is 28.8 Å². The molecule has 164 valence electrons. The fourth-order valence-corrected chi connectivity index (χ4v) is 5.19. The highest BCUT2D eigenvalue weighted by molar-refractivity contribution is 6.35. The summed E-state index contributed by atoms with van der Waals surface area (Å²) in [5.74, 6) is 1.18. The summed E-state index contributed by atoms with van der Waals surface area (Å²) in [5, 5.41) is 4.71. The van der Waals surface area contributed by atoms with Crippen LogP contribution in [0.4, 0.5) is 5.69 Å². The van der Waals surface area contributed by atoms with Crippen LogP contribution >= 0.6 is 11.6 Å². The SMILES string of the molecule is CCCN(CCC)Cc1noc([C@H]2N=CN3c4cccc(Cl)c4C(=O)N4CCC4C23)n1. The standard InChI is InChI=1S/C22H27ClN6O2/c1-3-9-27(10-4-2)12-17-25-21(31-26-17)19-20-16-8-11-28(16)22(30)18-14(23)6-5-7-15(18)29(20)13-24-19/h5-7,13,16,19-20H,3-4,8-12H2,1-2H3/t16?,19-,20?/m0/s1. The molecule has 1 aromatic carbocycles. The van der Waals surface area contributed by atoms with Crippen LogP contribution in [0.5, 0.6) is 0 Å². The Bertz CT molecular complexity index is 1000. The number of carbonyl (C=O) groups excluding carboxylic acids is 1. The van der Waals surface area contributed by atoms with E-state index >= 15 is 0 Å². The molecule has 0 aliphatic carbocycles. The van der Waals surface area contributed by atoms with Crippen molar-refractivity contribution in [1.29, 1.82) is 0 Å². The van der Waals surface area contributed by atoms with Crippen LogP contribution < -0.4 is 4.90 Å². The van der Waals surface area contributed by atoms with Crippen molar-refractivity contribution < 1.29 is 9.32 Å². The molecule has 1 amide bonds. The molecule has 0 spiro atoms. The zero-order chi connectivity index (χ0) is 21.5. The first-order valence-corrected chi connectivity index (χ1v) is 11.5. The Morgan fingerprint density at radius 3 is 2.77 bits per heavy atom. The van der Waals surface area contributed by atoms with Crippen LogP contribution in [0.3, 0.4) is 0 Å². The van der Waals surface area contributed by atoms with Gasteiger partial charge in [-0.05, 0) is 44.5 Å². The first-order valence-electron chi connectivity index (χ1n) is 11.1. The number of nitrogens with zero attached hydrogens (tertiary/aromatic N) is 6. The van der Waals surface area contributed by atoms with E-state index in [4.69, 9.17) is 26.1 Å². The van der Waals surface area contributed by atoms with Gasteiger partial charge in [0.05, 0.1) is 41.2 Å². The minimum absolute atomic E-state index is 0.0145. The van der Waals surface area contributed by atoms with Gasteiger partial charge in [0.15, 0.2) is 11.9 Å². The molecule has 1 fully saturated rings. The number of amides is 1. The van der Waals surface area contributed by atoms with Gasteiger partial charge in [0.2, 0.25) is 0 Å². The molecule has 8 nitrogen and oxygen atoms in total. The van der Waals surface area contributed by atoms with E-state index in [1.54, 1.807) is 12.4 Å². The van der Waals surface area contributed by atoms with Gasteiger partial charge in [-0.2, -0.15) is 4.98 Å². The van der Waals surface area contributed by atoms with Crippen LogP contribution in [-0.2, 0) is 6.54 Å². The van der Waals surface area contributed by atoms with Crippen LogP contribution in [0.15, 0.2) is 27.7 Å². The maximum absolute atomic E-state index is 13.2. The highest BCUT2D eigenvalue weighted by Crippen LogP contribution is 2.44. The normalized spacial score (nSPS) is 24.1. The van der Waals surface area contributed by atoms with Crippen molar-refractivity contribution in [3.8, 4) is 0 Å². The molecule has 4 heterocycles. The van der Waals surface area contributed by atoms with Crippen molar-refractivity contribution >= 4 is 29.5 Å². The van der Waals surface area contributed by atoms with Crippen molar-refractivity contribution in [2.24, 2.45) is 4.99 Å². The molecule has 0 N–H and O–H groups in total. The molecule has 0 radical (unpaired) electrons. The number of benzene rings is 1. The second-order valence-electron chi connectivity index (χ2n) is 8.42. The van der Waals surface area contributed by atoms with Gasteiger partial charge in [-0.25, -0.2) is 0 Å². The summed E-state index contributed by atoms with van der Waals surface area (Å²) in [7, 11) is 0. The zero-order valence-corrected chi connectivity index (χ0v) is 18.6. The van der Waals surface area contributed by atoms with Crippen LogP contribution in [0, 0.1) is 0 Å². The van der Waals surface area contributed by atoms with Crippen molar-refractivity contribution in [3.63, 3.8) is 0 Å². The van der Waals surface area contributed by atoms with Gasteiger partial charge in [0, 0.05) is 6.54 Å². The maximum Gasteiger partial charge on any atom is 0.257 e. The highest BCUT2D eigenvalue weighted by atomic mass is 35.5. The molecule has 1 aromatic heterocycles. The number of fused-ring (bicyclic) bond motifs is 5. The number of hydrogen-bond donors (Lipinski definition) is 0. The smallest absolute Gasteiger partial charge is 0.257 e. The summed E-state index contributed by atoms with van der Waals surface area (Å²) in [6, 6.07) is 5.22. The Balaban J connectivity index is 1.44. The fraction of sp³-hybridized carbons (Fsp3) is 0.545. The second-order valence-corrected chi connectivity index (χ2v) is 8.83. The Kier molecular flexibility index (Phi) is 5.44. The van der Waals surface area contributed by atoms with E-state index < -0.39 is 0 Å². The largest absolute Gasteiger partial charge is 0.337 e. The number of anilines is 1. The molecule has 2 unspecified atom stereocenters. The van der Waals surface area contributed by atoms with Crippen LogP contribution in [0.2, 0.25) is 5.02 Å². The van der Waals surface area contributed by atoms with E-state index in [1.165, 1.54) is 0 Å². The third kappa shape index (κ3) is 3.42. The predicted molar refractivity (Wildman–Crippen MR) is 119 cm³/mol. The maximum atomic E-state index is 13.2. The van der Waals surface area contributed by atoms with Crippen molar-refractivity contribution in [2.75, 3.05) is 24.5 Å². The van der Waals surface area contributed by atoms with Gasteiger partial charge in [-0.3, -0.25) is 14.7 Å². The van der Waals surface area contributed by atoms with Gasteiger partial charge in [0.25, 0.3) is 11.8 Å². The van der Waals surface area contributed by atoms with E-state index in [-0.39, 0.29) is 24.0 Å². The van der Waals surface area contributed by atoms with Gasteiger partial charge in [-0.15, -0.1) is 0 Å². The number of aromatic nitrogens is 2. The minimum atomic E-state index is -0.308. The molecule has 2 aromatic rings. The monoisotopic (exact) mass is 442 g/mol. The van der Waals surface area contributed by atoms with Gasteiger partial charge >= 0.3 is 0 Å². The Morgan fingerprint density at radius 2 is 2.06 bits per heavy atom. The lowest BCUT2D eigenvalue weighted by Crippen LogP contribution is -2.59. The quantitative estimate of drug-likeness (QED) is 0.652. The molecule has 9 heteroatoms. The van der Waals surface area contributed by atoms with Crippen molar-refractivity contribution in [3.05, 3.63) is 40.5 Å². The zero-order valence-electron chi connectivity index (χ0n) is 17.9. The Morgan fingerprint density at radius 1 is 1.26 bits per heavy atom. The lowest BCUT2D eigenvalue weighted by atomic mass is 9.90. The lowest BCUT2D eigenvalue weighted by molar-refractivity contribution is 0.0400. The van der Waals surface area contributed by atoms with Crippen LogP contribution in [-0.4, -0.2) is 63.9 Å². The number of rotatable bonds is 7. The highest BCUT2D eigenvalue weighted by Gasteiger charge is 2.52. The topological polar surface area (TPSA) is 78.1 Å². The first-order chi connectivity index (χ1) is 15.1. The fourth-order valence-electron chi connectivity index (χ4n) is 4.94. The van der Waals surface area contributed by atoms with E-state index in [0.717, 1.165) is 44.6 Å². The molecule has 1 saturated heterocycles. The molecule has 5 rings (SSSR count).